The van der Waals surface area contributed by atoms with Gasteiger partial charge in [0.1, 0.15) is 22.8 Å². The molecule has 0 radical (unpaired) electrons. The fourth-order valence-electron chi connectivity index (χ4n) is 3.67. The Bertz CT molecular complexity index is 1040. The predicted octanol–water partition coefficient (Wildman–Crippen LogP) is 4.71. The van der Waals surface area contributed by atoms with Crippen LogP contribution in [0.1, 0.15) is 21.7 Å². The molecule has 0 atom stereocenters. The third-order valence-electron chi connectivity index (χ3n) is 5.21. The summed E-state index contributed by atoms with van der Waals surface area (Å²) in [5, 5.41) is 4.13. The predicted molar refractivity (Wildman–Crippen MR) is 111 cm³/mol. The lowest BCUT2D eigenvalue weighted by atomic mass is 10.0. The lowest BCUT2D eigenvalue weighted by molar-refractivity contribution is 0.0745. The summed E-state index contributed by atoms with van der Waals surface area (Å²) in [4.78, 5) is 17.2. The highest BCUT2D eigenvalue weighted by Gasteiger charge is 2.30. The Balaban J connectivity index is 1.57. The highest BCUT2D eigenvalue weighted by atomic mass is 35.5. The van der Waals surface area contributed by atoms with Gasteiger partial charge in [0.25, 0.3) is 5.91 Å². The van der Waals surface area contributed by atoms with Gasteiger partial charge in [-0.25, -0.2) is 4.39 Å². The number of aryl methyl sites for hydroxylation is 2. The van der Waals surface area contributed by atoms with Gasteiger partial charge in [0.15, 0.2) is 0 Å². The highest BCUT2D eigenvalue weighted by molar-refractivity contribution is 6.33. The molecule has 0 saturated carbocycles. The molecule has 0 unspecified atom stereocenters. The van der Waals surface area contributed by atoms with E-state index in [2.05, 4.69) is 35.2 Å². The van der Waals surface area contributed by atoms with Crippen molar-refractivity contribution in [3.8, 4) is 11.3 Å². The molecule has 1 saturated heterocycles. The number of carbonyl (C=O) groups excluding carboxylic acids is 1. The Morgan fingerprint density at radius 3 is 2.52 bits per heavy atom. The maximum absolute atomic E-state index is 14.4. The van der Waals surface area contributed by atoms with Crippen LogP contribution in [0.2, 0.25) is 5.02 Å². The van der Waals surface area contributed by atoms with E-state index in [-0.39, 0.29) is 27.8 Å². The van der Waals surface area contributed by atoms with Gasteiger partial charge in [-0.15, -0.1) is 0 Å². The smallest absolute Gasteiger partial charge is 0.259 e. The van der Waals surface area contributed by atoms with Gasteiger partial charge in [0.2, 0.25) is 0 Å². The summed E-state index contributed by atoms with van der Waals surface area (Å²) >= 11 is 6.18. The molecule has 1 aliphatic rings. The molecule has 1 fully saturated rings. The summed E-state index contributed by atoms with van der Waals surface area (Å²) in [6, 6.07) is 12.7. The Morgan fingerprint density at radius 1 is 1.10 bits per heavy atom. The standard InChI is InChI=1S/C22H21ClFN3O2/c1-14-5-3-6-16(13-14)26-9-11-27(12-10-26)22(28)19-15(2)29-25-21(19)20-17(23)7-4-8-18(20)24/h3-8,13H,9-12H2,1-2H3. The number of piperazine rings is 1. The maximum Gasteiger partial charge on any atom is 0.259 e. The summed E-state index contributed by atoms with van der Waals surface area (Å²) in [5.74, 6) is -0.406. The van der Waals surface area contributed by atoms with Crippen molar-refractivity contribution < 1.29 is 13.7 Å². The number of benzene rings is 2. The molecule has 4 rings (SSSR count). The zero-order chi connectivity index (χ0) is 20.5. The molecule has 2 heterocycles. The van der Waals surface area contributed by atoms with Crippen LogP contribution in [0.3, 0.4) is 0 Å². The molecule has 2 aromatic carbocycles. The van der Waals surface area contributed by atoms with Gasteiger partial charge in [0.05, 0.1) is 10.6 Å². The quantitative estimate of drug-likeness (QED) is 0.623. The second kappa shape index (κ2) is 7.87. The molecule has 0 spiro atoms. The van der Waals surface area contributed by atoms with Gasteiger partial charge in [-0.1, -0.05) is 35.0 Å². The number of halogens is 2. The van der Waals surface area contributed by atoms with Gasteiger partial charge in [-0.2, -0.15) is 0 Å². The zero-order valence-corrected chi connectivity index (χ0v) is 17.0. The average molecular weight is 414 g/mol. The number of aromatic nitrogens is 1. The Hall–Kier alpha value is -2.86. The van der Waals surface area contributed by atoms with Crippen LogP contribution in [0.5, 0.6) is 0 Å². The number of rotatable bonds is 3. The van der Waals surface area contributed by atoms with Crippen LogP contribution < -0.4 is 4.90 Å². The molecule has 29 heavy (non-hydrogen) atoms. The van der Waals surface area contributed by atoms with E-state index in [0.717, 1.165) is 18.8 Å². The minimum Gasteiger partial charge on any atom is -0.368 e. The lowest BCUT2D eigenvalue weighted by Crippen LogP contribution is -2.49. The SMILES string of the molecule is Cc1cccc(N2CCN(C(=O)c3c(-c4c(F)cccc4Cl)noc3C)CC2)c1. The topological polar surface area (TPSA) is 49.6 Å². The maximum atomic E-state index is 14.4. The summed E-state index contributed by atoms with van der Waals surface area (Å²) in [6.07, 6.45) is 0. The van der Waals surface area contributed by atoms with Crippen LogP contribution in [0.4, 0.5) is 10.1 Å². The Labute approximate surface area is 173 Å². The van der Waals surface area contributed by atoms with E-state index < -0.39 is 5.82 Å². The van der Waals surface area contributed by atoms with Crippen LogP contribution in [0, 0.1) is 19.7 Å². The van der Waals surface area contributed by atoms with E-state index in [1.54, 1.807) is 17.9 Å². The fourth-order valence-corrected chi connectivity index (χ4v) is 3.92. The van der Waals surface area contributed by atoms with Gasteiger partial charge in [-0.05, 0) is 43.7 Å². The van der Waals surface area contributed by atoms with Crippen molar-refractivity contribution in [2.45, 2.75) is 13.8 Å². The van der Waals surface area contributed by atoms with Gasteiger partial charge in [-0.3, -0.25) is 4.79 Å². The minimum absolute atomic E-state index is 0.0905. The first-order chi connectivity index (χ1) is 14.0. The van der Waals surface area contributed by atoms with Crippen molar-refractivity contribution in [1.82, 2.24) is 10.1 Å². The summed E-state index contributed by atoms with van der Waals surface area (Å²) in [5.41, 5.74) is 2.86. The van der Waals surface area contributed by atoms with Crippen molar-refractivity contribution in [2.75, 3.05) is 31.1 Å². The number of carbonyl (C=O) groups is 1. The summed E-state index contributed by atoms with van der Waals surface area (Å²) < 4.78 is 19.6. The van der Waals surface area contributed by atoms with Crippen molar-refractivity contribution in [2.24, 2.45) is 0 Å². The molecule has 5 nitrogen and oxygen atoms in total. The molecule has 150 valence electrons. The van der Waals surface area contributed by atoms with Crippen molar-refractivity contribution in [3.05, 3.63) is 70.2 Å². The van der Waals surface area contributed by atoms with Crippen molar-refractivity contribution in [3.63, 3.8) is 0 Å². The molecule has 3 aromatic rings. The van der Waals surface area contributed by atoms with Gasteiger partial charge in [0, 0.05) is 31.9 Å². The van der Waals surface area contributed by atoms with Gasteiger partial charge < -0.3 is 14.3 Å². The first kappa shape index (κ1) is 19.5. The highest BCUT2D eigenvalue weighted by Crippen LogP contribution is 2.34. The van der Waals surface area contributed by atoms with Crippen LogP contribution >= 0.6 is 11.6 Å². The van der Waals surface area contributed by atoms with Crippen LogP contribution in [0.15, 0.2) is 47.0 Å². The van der Waals surface area contributed by atoms with Crippen LogP contribution in [-0.4, -0.2) is 42.1 Å². The van der Waals surface area contributed by atoms with E-state index in [0.29, 0.717) is 18.8 Å². The molecule has 0 bridgehead atoms. The first-order valence-corrected chi connectivity index (χ1v) is 9.85. The van der Waals surface area contributed by atoms with E-state index in [4.69, 9.17) is 16.1 Å². The normalized spacial score (nSPS) is 14.3. The number of hydrogen-bond donors (Lipinski definition) is 0. The Kier molecular flexibility index (Phi) is 5.28. The Morgan fingerprint density at radius 2 is 1.83 bits per heavy atom. The molecule has 1 amide bonds. The summed E-state index contributed by atoms with van der Waals surface area (Å²) in [6.45, 7) is 6.27. The van der Waals surface area contributed by atoms with E-state index in [1.165, 1.54) is 17.7 Å². The lowest BCUT2D eigenvalue weighted by Gasteiger charge is -2.36. The molecular weight excluding hydrogens is 393 g/mol. The van der Waals surface area contributed by atoms with E-state index in [1.807, 2.05) is 6.07 Å². The zero-order valence-electron chi connectivity index (χ0n) is 16.3. The molecule has 0 aliphatic carbocycles. The van der Waals surface area contributed by atoms with Crippen LogP contribution in [0.25, 0.3) is 11.3 Å². The molecule has 1 aromatic heterocycles. The third-order valence-corrected chi connectivity index (χ3v) is 5.52. The number of nitrogens with zero attached hydrogens (tertiary/aromatic N) is 3. The van der Waals surface area contributed by atoms with Crippen LogP contribution in [-0.2, 0) is 0 Å². The summed E-state index contributed by atoms with van der Waals surface area (Å²) in [7, 11) is 0. The van der Waals surface area contributed by atoms with Crippen molar-refractivity contribution in [1.29, 1.82) is 0 Å². The second-order valence-corrected chi connectivity index (χ2v) is 7.58. The van der Waals surface area contributed by atoms with E-state index >= 15 is 0 Å². The number of amides is 1. The largest absolute Gasteiger partial charge is 0.368 e. The molecule has 0 N–H and O–H groups in total. The minimum atomic E-state index is -0.538. The molecular formula is C22H21ClFN3O2. The second-order valence-electron chi connectivity index (χ2n) is 7.18. The van der Waals surface area contributed by atoms with Gasteiger partial charge >= 0.3 is 0 Å². The fraction of sp³-hybridized carbons (Fsp3) is 0.273. The monoisotopic (exact) mass is 413 g/mol. The average Bonchev–Trinajstić information content (AvgIpc) is 3.08. The third kappa shape index (κ3) is 3.72. The van der Waals surface area contributed by atoms with E-state index in [9.17, 15) is 9.18 Å². The molecule has 7 heteroatoms. The van der Waals surface area contributed by atoms with Crippen molar-refractivity contribution >= 4 is 23.2 Å². The number of hydrogen-bond acceptors (Lipinski definition) is 4. The number of anilines is 1. The first-order valence-electron chi connectivity index (χ1n) is 9.47. The molecule has 1 aliphatic heterocycles.